The summed E-state index contributed by atoms with van der Waals surface area (Å²) in [7, 11) is 2.01. The highest BCUT2D eigenvalue weighted by Crippen LogP contribution is 2.52. The van der Waals surface area contributed by atoms with Gasteiger partial charge in [0.25, 0.3) is 0 Å². The minimum Gasteiger partial charge on any atom is -0.444 e. The van der Waals surface area contributed by atoms with Gasteiger partial charge in [-0.1, -0.05) is 13.8 Å². The fourth-order valence-electron chi connectivity index (χ4n) is 3.24. The second-order valence-corrected chi connectivity index (χ2v) is 7.15. The van der Waals surface area contributed by atoms with Crippen LogP contribution in [0.1, 0.15) is 64.4 Å². The first kappa shape index (κ1) is 16.8. The van der Waals surface area contributed by atoms with E-state index in [9.17, 15) is 4.79 Å². The molecule has 3 rings (SSSR count). The van der Waals surface area contributed by atoms with E-state index in [1.54, 1.807) is 0 Å². The van der Waals surface area contributed by atoms with Crippen LogP contribution < -0.4 is 0 Å². The van der Waals surface area contributed by atoms with Crippen molar-refractivity contribution >= 4 is 6.09 Å². The van der Waals surface area contributed by atoms with Gasteiger partial charge in [-0.3, -0.25) is 4.68 Å². The number of amides is 1. The number of nitrogens with zero attached hydrogens (tertiary/aromatic N) is 3. The zero-order valence-electron chi connectivity index (χ0n) is 15.0. The highest BCUT2D eigenvalue weighted by atomic mass is 16.6. The number of hydrogen-bond donors (Lipinski definition) is 0. The summed E-state index contributed by atoms with van der Waals surface area (Å²) in [6.07, 6.45) is 2.06. The Labute approximate surface area is 133 Å². The van der Waals surface area contributed by atoms with E-state index in [4.69, 9.17) is 4.74 Å². The lowest BCUT2D eigenvalue weighted by atomic mass is 9.92. The van der Waals surface area contributed by atoms with Crippen LogP contribution >= 0.6 is 0 Å². The number of aromatic nitrogens is 2. The zero-order valence-corrected chi connectivity index (χ0v) is 15.0. The molecule has 5 heteroatoms. The van der Waals surface area contributed by atoms with Crippen molar-refractivity contribution in [3.63, 3.8) is 0 Å². The fraction of sp³-hybridized carbons (Fsp3) is 0.765. The number of hydrogen-bond acceptors (Lipinski definition) is 3. The average molecular weight is 307 g/mol. The summed E-state index contributed by atoms with van der Waals surface area (Å²) >= 11 is 0. The molecule has 1 fully saturated rings. The minimum atomic E-state index is -0.446. The maximum absolute atomic E-state index is 12.3. The van der Waals surface area contributed by atoms with E-state index in [2.05, 4.69) is 5.10 Å². The van der Waals surface area contributed by atoms with Crippen molar-refractivity contribution in [3.05, 3.63) is 17.0 Å². The highest BCUT2D eigenvalue weighted by Gasteiger charge is 2.53. The van der Waals surface area contributed by atoms with Gasteiger partial charge in [-0.25, -0.2) is 4.79 Å². The molecule has 1 aromatic heterocycles. The summed E-state index contributed by atoms with van der Waals surface area (Å²) in [6.45, 7) is 13.1. The molecule has 0 aromatic carbocycles. The van der Waals surface area contributed by atoms with Gasteiger partial charge in [-0.15, -0.1) is 0 Å². The quantitative estimate of drug-likeness (QED) is 0.736. The third-order valence-corrected chi connectivity index (χ3v) is 4.20. The number of ether oxygens (including phenoxy) is 1. The van der Waals surface area contributed by atoms with Crippen LogP contribution in [0.5, 0.6) is 0 Å². The van der Waals surface area contributed by atoms with E-state index in [0.29, 0.717) is 6.54 Å². The van der Waals surface area contributed by atoms with Gasteiger partial charge in [0.1, 0.15) is 5.60 Å². The molecule has 0 N–H and O–H groups in total. The standard InChI is InChI=1S/C15H23N3O2.C2H6/c1-10-11-8-18(13(19)20-14(2,3)4)9-15(6-7-15)12(11)17(5)16-10;1-2/h6-9H2,1-5H3;1-2H3. The molecule has 0 unspecified atom stereocenters. The van der Waals surface area contributed by atoms with Crippen molar-refractivity contribution in [2.75, 3.05) is 6.54 Å². The Bertz CT molecular complexity index is 565. The van der Waals surface area contributed by atoms with Crippen LogP contribution in [0, 0.1) is 6.92 Å². The lowest BCUT2D eigenvalue weighted by Gasteiger charge is -2.34. The number of carbonyl (C=O) groups excluding carboxylic acids is 1. The fourth-order valence-corrected chi connectivity index (χ4v) is 3.24. The first-order valence-electron chi connectivity index (χ1n) is 8.23. The Balaban J connectivity index is 0.000000847. The van der Waals surface area contributed by atoms with E-state index >= 15 is 0 Å². The average Bonchev–Trinajstić information content (AvgIpc) is 3.10. The lowest BCUT2D eigenvalue weighted by molar-refractivity contribution is 0.0194. The largest absolute Gasteiger partial charge is 0.444 e. The number of aryl methyl sites for hydroxylation is 2. The summed E-state index contributed by atoms with van der Waals surface area (Å²) < 4.78 is 7.52. The smallest absolute Gasteiger partial charge is 0.410 e. The molecule has 1 aliphatic carbocycles. The second-order valence-electron chi connectivity index (χ2n) is 7.15. The topological polar surface area (TPSA) is 47.4 Å². The van der Waals surface area contributed by atoms with Gasteiger partial charge in [-0.05, 0) is 40.5 Å². The molecule has 1 saturated carbocycles. The van der Waals surface area contributed by atoms with Crippen LogP contribution in [-0.2, 0) is 23.7 Å². The Morgan fingerprint density at radius 1 is 1.27 bits per heavy atom. The molecular formula is C17H29N3O2. The molecule has 22 heavy (non-hydrogen) atoms. The monoisotopic (exact) mass is 307 g/mol. The summed E-state index contributed by atoms with van der Waals surface area (Å²) in [6, 6.07) is 0. The van der Waals surface area contributed by atoms with E-state index < -0.39 is 5.60 Å². The van der Waals surface area contributed by atoms with Crippen LogP contribution in [0.25, 0.3) is 0 Å². The predicted octanol–water partition coefficient (Wildman–Crippen LogP) is 3.54. The molecule has 5 nitrogen and oxygen atoms in total. The van der Waals surface area contributed by atoms with E-state index in [0.717, 1.165) is 25.1 Å². The van der Waals surface area contributed by atoms with Crippen LogP contribution in [0.15, 0.2) is 0 Å². The zero-order chi connectivity index (χ0) is 16.7. The summed E-state index contributed by atoms with van der Waals surface area (Å²) in [5.41, 5.74) is 3.25. The third-order valence-electron chi connectivity index (χ3n) is 4.20. The van der Waals surface area contributed by atoms with Crippen molar-refractivity contribution in [1.29, 1.82) is 0 Å². The van der Waals surface area contributed by atoms with Gasteiger partial charge in [0, 0.05) is 24.6 Å². The van der Waals surface area contributed by atoms with Gasteiger partial charge in [-0.2, -0.15) is 5.10 Å². The molecule has 2 heterocycles. The highest BCUT2D eigenvalue weighted by molar-refractivity contribution is 5.69. The van der Waals surface area contributed by atoms with Crippen LogP contribution in [-0.4, -0.2) is 32.9 Å². The van der Waals surface area contributed by atoms with Crippen LogP contribution in [0.3, 0.4) is 0 Å². The first-order valence-corrected chi connectivity index (χ1v) is 8.23. The van der Waals surface area contributed by atoms with Gasteiger partial charge in [0.15, 0.2) is 0 Å². The van der Waals surface area contributed by atoms with Gasteiger partial charge in [0.05, 0.1) is 17.9 Å². The van der Waals surface area contributed by atoms with Crippen molar-refractivity contribution in [2.24, 2.45) is 7.05 Å². The summed E-state index contributed by atoms with van der Waals surface area (Å²) in [4.78, 5) is 14.2. The van der Waals surface area contributed by atoms with Gasteiger partial charge >= 0.3 is 6.09 Å². The maximum atomic E-state index is 12.3. The number of fused-ring (bicyclic) bond motifs is 2. The van der Waals surface area contributed by atoms with Crippen molar-refractivity contribution in [3.8, 4) is 0 Å². The molecule has 124 valence electrons. The molecule has 1 aliphatic heterocycles. The lowest BCUT2D eigenvalue weighted by Crippen LogP contribution is -2.44. The van der Waals surface area contributed by atoms with Crippen molar-refractivity contribution in [2.45, 2.75) is 71.9 Å². The Morgan fingerprint density at radius 2 is 1.86 bits per heavy atom. The summed E-state index contributed by atoms with van der Waals surface area (Å²) in [5, 5.41) is 4.53. The molecule has 1 aromatic rings. The molecule has 0 bridgehead atoms. The van der Waals surface area contributed by atoms with Crippen molar-refractivity contribution < 1.29 is 9.53 Å². The molecule has 0 radical (unpaired) electrons. The van der Waals surface area contributed by atoms with Gasteiger partial charge in [0.2, 0.25) is 0 Å². The number of carbonyl (C=O) groups is 1. The SMILES string of the molecule is CC.Cc1nn(C)c2c1CN(C(=O)OC(C)(C)C)CC21CC1. The summed E-state index contributed by atoms with van der Waals surface area (Å²) in [5.74, 6) is 0. The Hall–Kier alpha value is -1.52. The van der Waals surface area contributed by atoms with E-state index in [1.807, 2.05) is 58.2 Å². The van der Waals surface area contributed by atoms with Crippen LogP contribution in [0.2, 0.25) is 0 Å². The molecule has 2 aliphatic rings. The van der Waals surface area contributed by atoms with Crippen LogP contribution in [0.4, 0.5) is 4.79 Å². The minimum absolute atomic E-state index is 0.125. The van der Waals surface area contributed by atoms with Crippen molar-refractivity contribution in [1.82, 2.24) is 14.7 Å². The van der Waals surface area contributed by atoms with Gasteiger partial charge < -0.3 is 9.64 Å². The molecule has 0 atom stereocenters. The third kappa shape index (κ3) is 2.99. The molecular weight excluding hydrogens is 278 g/mol. The number of rotatable bonds is 0. The van der Waals surface area contributed by atoms with E-state index in [-0.39, 0.29) is 11.5 Å². The Kier molecular flexibility index (Phi) is 4.28. The molecule has 1 spiro atoms. The maximum Gasteiger partial charge on any atom is 0.410 e. The Morgan fingerprint density at radius 3 is 2.36 bits per heavy atom. The first-order chi connectivity index (χ1) is 10.2. The molecule has 1 amide bonds. The van der Waals surface area contributed by atoms with E-state index in [1.165, 1.54) is 11.3 Å². The predicted molar refractivity (Wildman–Crippen MR) is 86.8 cm³/mol. The second kappa shape index (κ2) is 5.60. The normalized spacial score (nSPS) is 18.4. The molecule has 0 saturated heterocycles.